The van der Waals surface area contributed by atoms with E-state index in [4.69, 9.17) is 13.9 Å². The molecule has 1 saturated heterocycles. The molecule has 1 aromatic heterocycles. The van der Waals surface area contributed by atoms with E-state index in [0.717, 1.165) is 5.56 Å². The van der Waals surface area contributed by atoms with E-state index in [1.165, 1.54) is 11.2 Å². The standard InChI is InChI=1S/C22H25NO6/c1-13(2)28-11-9-23-19(17-6-5-10-29-17)18(21(25)22(23)26)20(24)16-8-7-15(27-4)12-14(16)3/h5-8,10,12-13,19,24H,9,11H2,1-4H3/b20-18-. The second kappa shape index (κ2) is 8.53. The van der Waals surface area contributed by atoms with Gasteiger partial charge in [0, 0.05) is 12.1 Å². The second-order valence-corrected chi connectivity index (χ2v) is 7.11. The third-order valence-corrected chi connectivity index (χ3v) is 4.82. The molecule has 1 atom stereocenters. The van der Waals surface area contributed by atoms with Crippen LogP contribution in [0.25, 0.3) is 5.76 Å². The van der Waals surface area contributed by atoms with E-state index in [0.29, 0.717) is 17.1 Å². The third kappa shape index (κ3) is 4.05. The topological polar surface area (TPSA) is 89.2 Å². The molecule has 0 radical (unpaired) electrons. The van der Waals surface area contributed by atoms with Crippen molar-refractivity contribution in [3.8, 4) is 5.75 Å². The maximum Gasteiger partial charge on any atom is 0.295 e. The molecular formula is C22H25NO6. The number of aryl methyl sites for hydroxylation is 1. The molecule has 1 amide bonds. The Bertz CT molecular complexity index is 929. The van der Waals surface area contributed by atoms with Gasteiger partial charge in [-0.3, -0.25) is 9.59 Å². The summed E-state index contributed by atoms with van der Waals surface area (Å²) in [6.45, 7) is 6.05. The number of ether oxygens (including phenoxy) is 2. The molecule has 1 aliphatic rings. The van der Waals surface area contributed by atoms with Gasteiger partial charge in [-0.15, -0.1) is 0 Å². The SMILES string of the molecule is COc1ccc(/C(O)=C2/C(=O)C(=O)N(CCOC(C)C)C2c2ccco2)c(C)c1. The van der Waals surface area contributed by atoms with Crippen LogP contribution in [0.3, 0.4) is 0 Å². The number of nitrogens with zero attached hydrogens (tertiary/aromatic N) is 1. The van der Waals surface area contributed by atoms with Crippen LogP contribution in [-0.2, 0) is 14.3 Å². The number of carbonyl (C=O) groups is 2. The number of aliphatic hydroxyl groups is 1. The van der Waals surface area contributed by atoms with Gasteiger partial charge in [0.05, 0.1) is 31.7 Å². The number of methoxy groups -OCH3 is 1. The van der Waals surface area contributed by atoms with Gasteiger partial charge >= 0.3 is 0 Å². The summed E-state index contributed by atoms with van der Waals surface area (Å²) in [6.07, 6.45) is 1.47. The highest BCUT2D eigenvalue weighted by Gasteiger charge is 2.47. The Hall–Kier alpha value is -3.06. The largest absolute Gasteiger partial charge is 0.507 e. The van der Waals surface area contributed by atoms with Gasteiger partial charge in [-0.25, -0.2) is 0 Å². The predicted octanol–water partition coefficient (Wildman–Crippen LogP) is 3.44. The van der Waals surface area contributed by atoms with Crippen molar-refractivity contribution >= 4 is 17.4 Å². The van der Waals surface area contributed by atoms with Crippen LogP contribution in [0.4, 0.5) is 0 Å². The van der Waals surface area contributed by atoms with Gasteiger partial charge in [0.25, 0.3) is 11.7 Å². The van der Waals surface area contributed by atoms with E-state index in [1.807, 2.05) is 13.8 Å². The van der Waals surface area contributed by atoms with Crippen LogP contribution in [0, 0.1) is 6.92 Å². The number of rotatable bonds is 7. The Morgan fingerprint density at radius 1 is 1.28 bits per heavy atom. The fourth-order valence-corrected chi connectivity index (χ4v) is 3.41. The first kappa shape index (κ1) is 20.7. The molecule has 0 spiro atoms. The fourth-order valence-electron chi connectivity index (χ4n) is 3.41. The van der Waals surface area contributed by atoms with E-state index in [-0.39, 0.29) is 30.6 Å². The Morgan fingerprint density at radius 2 is 2.03 bits per heavy atom. The zero-order valence-corrected chi connectivity index (χ0v) is 17.0. The molecule has 0 bridgehead atoms. The fraction of sp³-hybridized carbons (Fsp3) is 0.364. The first-order chi connectivity index (χ1) is 13.8. The van der Waals surface area contributed by atoms with Crippen LogP contribution in [0.1, 0.15) is 36.8 Å². The molecule has 2 aromatic rings. The van der Waals surface area contributed by atoms with Crippen molar-refractivity contribution in [1.82, 2.24) is 4.90 Å². The zero-order chi connectivity index (χ0) is 21.1. The second-order valence-electron chi connectivity index (χ2n) is 7.11. The van der Waals surface area contributed by atoms with Crippen molar-refractivity contribution in [2.24, 2.45) is 0 Å². The number of carbonyl (C=O) groups excluding carboxylic acids is 2. The molecule has 7 nitrogen and oxygen atoms in total. The summed E-state index contributed by atoms with van der Waals surface area (Å²) in [5, 5.41) is 11.0. The quantitative estimate of drug-likeness (QED) is 0.436. The number of furan rings is 1. The number of aliphatic hydroxyl groups excluding tert-OH is 1. The Kier molecular flexibility index (Phi) is 6.08. The summed E-state index contributed by atoms with van der Waals surface area (Å²) in [7, 11) is 1.55. The van der Waals surface area contributed by atoms with Gasteiger partial charge in [0.2, 0.25) is 0 Å². The Balaban J connectivity index is 2.06. The molecule has 7 heteroatoms. The van der Waals surface area contributed by atoms with Gasteiger partial charge in [0.1, 0.15) is 23.3 Å². The first-order valence-corrected chi connectivity index (χ1v) is 9.43. The number of Topliss-reactive ketones (excluding diaryl/α,β-unsaturated/α-hetero) is 1. The number of amides is 1. The van der Waals surface area contributed by atoms with Gasteiger partial charge in [0.15, 0.2) is 0 Å². The lowest BCUT2D eigenvalue weighted by Crippen LogP contribution is -2.33. The summed E-state index contributed by atoms with van der Waals surface area (Å²) >= 11 is 0. The Labute approximate surface area is 169 Å². The highest BCUT2D eigenvalue weighted by atomic mass is 16.5. The molecule has 1 N–H and O–H groups in total. The van der Waals surface area contributed by atoms with E-state index in [2.05, 4.69) is 0 Å². The van der Waals surface area contributed by atoms with Gasteiger partial charge in [-0.2, -0.15) is 0 Å². The maximum atomic E-state index is 12.9. The van der Waals surface area contributed by atoms with Crippen LogP contribution in [0.2, 0.25) is 0 Å². The molecule has 2 heterocycles. The Morgan fingerprint density at radius 3 is 2.62 bits per heavy atom. The lowest BCUT2D eigenvalue weighted by atomic mass is 9.97. The summed E-state index contributed by atoms with van der Waals surface area (Å²) in [5.74, 6) is -0.637. The van der Waals surface area contributed by atoms with Gasteiger partial charge in [-0.1, -0.05) is 0 Å². The van der Waals surface area contributed by atoms with E-state index < -0.39 is 17.7 Å². The van der Waals surface area contributed by atoms with E-state index in [9.17, 15) is 14.7 Å². The zero-order valence-electron chi connectivity index (χ0n) is 17.0. The van der Waals surface area contributed by atoms with E-state index in [1.54, 1.807) is 44.4 Å². The minimum Gasteiger partial charge on any atom is -0.507 e. The molecule has 1 aromatic carbocycles. The summed E-state index contributed by atoms with van der Waals surface area (Å²) < 4.78 is 16.3. The van der Waals surface area contributed by atoms with Crippen LogP contribution in [-0.4, -0.2) is 48.1 Å². The molecule has 3 rings (SSSR count). The van der Waals surface area contributed by atoms with E-state index >= 15 is 0 Å². The van der Waals surface area contributed by atoms with Gasteiger partial charge < -0.3 is 23.9 Å². The van der Waals surface area contributed by atoms with Crippen LogP contribution >= 0.6 is 0 Å². The van der Waals surface area contributed by atoms with Crippen LogP contribution < -0.4 is 4.74 Å². The molecule has 29 heavy (non-hydrogen) atoms. The number of ketones is 1. The number of likely N-dealkylation sites (tertiary alicyclic amines) is 1. The van der Waals surface area contributed by atoms with Crippen LogP contribution in [0.5, 0.6) is 5.75 Å². The van der Waals surface area contributed by atoms with Crippen LogP contribution in [0.15, 0.2) is 46.6 Å². The first-order valence-electron chi connectivity index (χ1n) is 9.43. The third-order valence-electron chi connectivity index (χ3n) is 4.82. The summed E-state index contributed by atoms with van der Waals surface area (Å²) in [6, 6.07) is 7.65. The molecule has 1 fully saturated rings. The predicted molar refractivity (Wildman–Crippen MR) is 107 cm³/mol. The molecule has 1 unspecified atom stereocenters. The number of benzene rings is 1. The smallest absolute Gasteiger partial charge is 0.295 e. The molecule has 0 saturated carbocycles. The van der Waals surface area contributed by atoms with Crippen molar-refractivity contribution in [1.29, 1.82) is 0 Å². The minimum atomic E-state index is -0.817. The van der Waals surface area contributed by atoms with Crippen molar-refractivity contribution < 1.29 is 28.6 Å². The van der Waals surface area contributed by atoms with Gasteiger partial charge in [-0.05, 0) is 56.7 Å². The average molecular weight is 399 g/mol. The number of hydrogen-bond donors (Lipinski definition) is 1. The lowest BCUT2D eigenvalue weighted by Gasteiger charge is -2.23. The molecule has 0 aliphatic carbocycles. The molecular weight excluding hydrogens is 374 g/mol. The molecule has 1 aliphatic heterocycles. The maximum absolute atomic E-state index is 12.9. The monoisotopic (exact) mass is 399 g/mol. The normalized spacial score (nSPS) is 18.7. The van der Waals surface area contributed by atoms with Crippen molar-refractivity contribution in [2.45, 2.75) is 32.9 Å². The van der Waals surface area contributed by atoms with Crippen molar-refractivity contribution in [2.75, 3.05) is 20.3 Å². The lowest BCUT2D eigenvalue weighted by molar-refractivity contribution is -0.140. The minimum absolute atomic E-state index is 0.00256. The number of hydrogen-bond acceptors (Lipinski definition) is 6. The summed E-state index contributed by atoms with van der Waals surface area (Å²) in [4.78, 5) is 27.0. The molecule has 154 valence electrons. The highest BCUT2D eigenvalue weighted by molar-refractivity contribution is 6.46. The highest BCUT2D eigenvalue weighted by Crippen LogP contribution is 2.40. The average Bonchev–Trinajstić information content (AvgIpc) is 3.29. The summed E-state index contributed by atoms with van der Waals surface area (Å²) in [5.41, 5.74) is 1.18. The van der Waals surface area contributed by atoms with Crippen molar-refractivity contribution in [3.63, 3.8) is 0 Å². The van der Waals surface area contributed by atoms with Crippen molar-refractivity contribution in [3.05, 3.63) is 59.1 Å².